The molecule has 0 aliphatic rings. The van der Waals surface area contributed by atoms with Gasteiger partial charge in [0.15, 0.2) is 6.10 Å². The molecule has 16 heavy (non-hydrogen) atoms. The van der Waals surface area contributed by atoms with E-state index in [0.717, 1.165) is 0 Å². The van der Waals surface area contributed by atoms with Crippen LogP contribution in [0.2, 0.25) is 5.02 Å². The Bertz CT molecular complexity index is 412. The van der Waals surface area contributed by atoms with E-state index in [4.69, 9.17) is 22.8 Å². The van der Waals surface area contributed by atoms with Crippen molar-refractivity contribution in [3.05, 3.63) is 29.3 Å². The van der Waals surface area contributed by atoms with Gasteiger partial charge in [-0.15, -0.1) is 6.42 Å². The molecule has 1 unspecified atom stereocenters. The zero-order valence-corrected chi connectivity index (χ0v) is 9.62. The lowest BCUT2D eigenvalue weighted by atomic mass is 10.3. The van der Waals surface area contributed by atoms with Crippen molar-refractivity contribution in [1.29, 1.82) is 0 Å². The quantitative estimate of drug-likeness (QED) is 0.812. The van der Waals surface area contributed by atoms with Crippen molar-refractivity contribution in [2.75, 3.05) is 6.54 Å². The van der Waals surface area contributed by atoms with Crippen molar-refractivity contribution in [3.63, 3.8) is 0 Å². The second-order valence-electron chi connectivity index (χ2n) is 3.14. The van der Waals surface area contributed by atoms with Crippen LogP contribution in [0.5, 0.6) is 5.75 Å². The number of hydrogen-bond donors (Lipinski definition) is 1. The highest BCUT2D eigenvalue weighted by Crippen LogP contribution is 2.18. The maximum absolute atomic E-state index is 11.4. The Labute approximate surface area is 99.7 Å². The molecule has 0 aromatic heterocycles. The number of benzene rings is 1. The number of rotatable bonds is 4. The van der Waals surface area contributed by atoms with Crippen LogP contribution in [-0.4, -0.2) is 18.6 Å². The summed E-state index contributed by atoms with van der Waals surface area (Å²) >= 11 is 5.78. The molecule has 0 saturated carbocycles. The van der Waals surface area contributed by atoms with Gasteiger partial charge in [0.05, 0.1) is 6.54 Å². The maximum Gasteiger partial charge on any atom is 0.261 e. The monoisotopic (exact) mass is 237 g/mol. The summed E-state index contributed by atoms with van der Waals surface area (Å²) in [5.74, 6) is 2.62. The molecule has 0 aliphatic heterocycles. The first-order valence-corrected chi connectivity index (χ1v) is 5.14. The van der Waals surface area contributed by atoms with Gasteiger partial charge in [0.1, 0.15) is 5.75 Å². The molecule has 1 atom stereocenters. The lowest BCUT2D eigenvalue weighted by Crippen LogP contribution is -2.36. The first-order valence-electron chi connectivity index (χ1n) is 4.77. The fraction of sp³-hybridized carbons (Fsp3) is 0.250. The molecular formula is C12H12ClNO2. The van der Waals surface area contributed by atoms with Gasteiger partial charge in [0.25, 0.3) is 5.91 Å². The van der Waals surface area contributed by atoms with E-state index in [2.05, 4.69) is 11.2 Å². The number of terminal acetylenes is 1. The fourth-order valence-electron chi connectivity index (χ4n) is 1.08. The van der Waals surface area contributed by atoms with Crippen molar-refractivity contribution in [2.45, 2.75) is 13.0 Å². The van der Waals surface area contributed by atoms with Crippen molar-refractivity contribution in [1.82, 2.24) is 5.32 Å². The van der Waals surface area contributed by atoms with Gasteiger partial charge in [-0.3, -0.25) is 4.79 Å². The molecule has 1 amide bonds. The molecule has 0 aliphatic carbocycles. The Morgan fingerprint density at radius 3 is 3.06 bits per heavy atom. The van der Waals surface area contributed by atoms with Crippen molar-refractivity contribution < 1.29 is 9.53 Å². The number of ether oxygens (including phenoxy) is 1. The number of halogens is 1. The van der Waals surface area contributed by atoms with Gasteiger partial charge in [-0.2, -0.15) is 0 Å². The largest absolute Gasteiger partial charge is 0.481 e. The summed E-state index contributed by atoms with van der Waals surface area (Å²) < 4.78 is 5.39. The normalized spacial score (nSPS) is 11.3. The molecule has 1 N–H and O–H groups in total. The van der Waals surface area contributed by atoms with E-state index < -0.39 is 6.10 Å². The summed E-state index contributed by atoms with van der Waals surface area (Å²) in [6.45, 7) is 1.84. The van der Waals surface area contributed by atoms with Crippen molar-refractivity contribution in [2.24, 2.45) is 0 Å². The lowest BCUT2D eigenvalue weighted by molar-refractivity contribution is -0.126. The number of carbonyl (C=O) groups excluding carboxylic acids is 1. The molecule has 0 radical (unpaired) electrons. The molecule has 1 aromatic rings. The Morgan fingerprint density at radius 1 is 1.69 bits per heavy atom. The second kappa shape index (κ2) is 6.04. The van der Waals surface area contributed by atoms with Gasteiger partial charge < -0.3 is 10.1 Å². The summed E-state index contributed by atoms with van der Waals surface area (Å²) in [6.07, 6.45) is 4.42. The molecule has 84 valence electrons. The third-order valence-electron chi connectivity index (χ3n) is 1.84. The molecule has 4 heteroatoms. The van der Waals surface area contributed by atoms with E-state index in [1.54, 1.807) is 31.2 Å². The van der Waals surface area contributed by atoms with E-state index in [-0.39, 0.29) is 12.5 Å². The average Bonchev–Trinajstić information content (AvgIpc) is 2.25. The Kier molecular flexibility index (Phi) is 4.68. The SMILES string of the molecule is C#CCNC(=O)C(C)Oc1cccc(Cl)c1. The van der Waals surface area contributed by atoms with Crippen LogP contribution in [0.1, 0.15) is 6.92 Å². The number of nitrogens with one attached hydrogen (secondary N) is 1. The maximum atomic E-state index is 11.4. The third-order valence-corrected chi connectivity index (χ3v) is 2.08. The Morgan fingerprint density at radius 2 is 2.44 bits per heavy atom. The minimum Gasteiger partial charge on any atom is -0.481 e. The minimum atomic E-state index is -0.605. The zero-order valence-electron chi connectivity index (χ0n) is 8.87. The van der Waals surface area contributed by atoms with E-state index >= 15 is 0 Å². The number of carbonyl (C=O) groups is 1. The highest BCUT2D eigenvalue weighted by molar-refractivity contribution is 6.30. The standard InChI is InChI=1S/C12H12ClNO2/c1-3-7-14-12(15)9(2)16-11-6-4-5-10(13)8-11/h1,4-6,8-9H,7H2,2H3,(H,14,15). The number of hydrogen-bond acceptors (Lipinski definition) is 2. The smallest absolute Gasteiger partial charge is 0.261 e. The summed E-state index contributed by atoms with van der Waals surface area (Å²) in [5, 5.41) is 3.10. The predicted octanol–water partition coefficient (Wildman–Crippen LogP) is 1.86. The summed E-state index contributed by atoms with van der Waals surface area (Å²) in [4.78, 5) is 11.4. The van der Waals surface area contributed by atoms with Gasteiger partial charge in [-0.05, 0) is 25.1 Å². The summed E-state index contributed by atoms with van der Waals surface area (Å²) in [6, 6.07) is 6.87. The van der Waals surface area contributed by atoms with Crippen LogP contribution in [0.4, 0.5) is 0 Å². The molecular weight excluding hydrogens is 226 g/mol. The van der Waals surface area contributed by atoms with E-state index in [1.165, 1.54) is 0 Å². The lowest BCUT2D eigenvalue weighted by Gasteiger charge is -2.13. The van der Waals surface area contributed by atoms with E-state index in [0.29, 0.717) is 10.8 Å². The first kappa shape index (κ1) is 12.4. The third kappa shape index (κ3) is 3.84. The van der Waals surface area contributed by atoms with E-state index in [1.807, 2.05) is 0 Å². The topological polar surface area (TPSA) is 38.3 Å². The van der Waals surface area contributed by atoms with Gasteiger partial charge in [-0.25, -0.2) is 0 Å². The van der Waals surface area contributed by atoms with Crippen LogP contribution in [0, 0.1) is 12.3 Å². The molecule has 0 heterocycles. The van der Waals surface area contributed by atoms with Crippen molar-refractivity contribution >= 4 is 17.5 Å². The molecule has 1 rings (SSSR count). The van der Waals surface area contributed by atoms with Crippen LogP contribution in [-0.2, 0) is 4.79 Å². The molecule has 1 aromatic carbocycles. The average molecular weight is 238 g/mol. The van der Waals surface area contributed by atoms with Crippen LogP contribution in [0.3, 0.4) is 0 Å². The minimum absolute atomic E-state index is 0.197. The van der Waals surface area contributed by atoms with Gasteiger partial charge in [0, 0.05) is 5.02 Å². The summed E-state index contributed by atoms with van der Waals surface area (Å²) in [7, 11) is 0. The van der Waals surface area contributed by atoms with Gasteiger partial charge in [0.2, 0.25) is 0 Å². The van der Waals surface area contributed by atoms with Gasteiger partial charge >= 0.3 is 0 Å². The van der Waals surface area contributed by atoms with Crippen LogP contribution in [0.25, 0.3) is 0 Å². The fourth-order valence-corrected chi connectivity index (χ4v) is 1.26. The van der Waals surface area contributed by atoms with Crippen LogP contribution >= 0.6 is 11.6 Å². The summed E-state index contributed by atoms with van der Waals surface area (Å²) in [5.41, 5.74) is 0. The molecule has 0 saturated heterocycles. The molecule has 3 nitrogen and oxygen atoms in total. The second-order valence-corrected chi connectivity index (χ2v) is 3.58. The Balaban J connectivity index is 2.54. The zero-order chi connectivity index (χ0) is 12.0. The molecule has 0 bridgehead atoms. The molecule has 0 spiro atoms. The van der Waals surface area contributed by atoms with Crippen LogP contribution < -0.4 is 10.1 Å². The van der Waals surface area contributed by atoms with Gasteiger partial charge in [-0.1, -0.05) is 23.6 Å². The van der Waals surface area contributed by atoms with Crippen LogP contribution in [0.15, 0.2) is 24.3 Å². The first-order chi connectivity index (χ1) is 7.63. The molecule has 0 fully saturated rings. The Hall–Kier alpha value is -1.66. The van der Waals surface area contributed by atoms with E-state index in [9.17, 15) is 4.79 Å². The predicted molar refractivity (Wildman–Crippen MR) is 63.4 cm³/mol. The number of amides is 1. The van der Waals surface area contributed by atoms with Crippen molar-refractivity contribution in [3.8, 4) is 18.1 Å². The highest BCUT2D eigenvalue weighted by atomic mass is 35.5. The highest BCUT2D eigenvalue weighted by Gasteiger charge is 2.13.